The largest absolute Gasteiger partial charge is 0.485 e. The van der Waals surface area contributed by atoms with Gasteiger partial charge in [-0.25, -0.2) is 4.98 Å². The van der Waals surface area contributed by atoms with Crippen LogP contribution in [0.1, 0.15) is 35.8 Å². The van der Waals surface area contributed by atoms with Crippen molar-refractivity contribution in [3.8, 4) is 17.3 Å². The van der Waals surface area contributed by atoms with Gasteiger partial charge in [-0.05, 0) is 47.5 Å². The molecule has 0 aliphatic heterocycles. The average Bonchev–Trinajstić information content (AvgIpc) is 3.30. The first-order valence-electron chi connectivity index (χ1n) is 10.2. The van der Waals surface area contributed by atoms with Crippen molar-refractivity contribution in [2.24, 2.45) is 0 Å². The first-order valence-corrected chi connectivity index (χ1v) is 11.0. The van der Waals surface area contributed by atoms with Crippen LogP contribution in [0.5, 0.6) is 5.75 Å². The van der Waals surface area contributed by atoms with Gasteiger partial charge in [0.2, 0.25) is 0 Å². The lowest BCUT2D eigenvalue weighted by atomic mass is 10.2. The van der Waals surface area contributed by atoms with Crippen molar-refractivity contribution >= 4 is 27.7 Å². The standard InChI is InChI=1S/C24H22BrN5O2/c1-16(2)30-15-26-29-23(30)21-19(25)13-20(32-14-17-9-5-3-6-10-17)22(27-21)28-24(31)18-11-7-4-8-12-18/h3-13,15-16H,14H2,1-2H3,(H,27,28,31). The number of anilines is 1. The van der Waals surface area contributed by atoms with E-state index in [0.717, 1.165) is 5.56 Å². The lowest BCUT2D eigenvalue weighted by Gasteiger charge is -2.16. The van der Waals surface area contributed by atoms with Gasteiger partial charge in [-0.2, -0.15) is 0 Å². The average molecular weight is 492 g/mol. The topological polar surface area (TPSA) is 81.9 Å². The zero-order valence-corrected chi connectivity index (χ0v) is 19.3. The predicted octanol–water partition coefficient (Wildman–Crippen LogP) is 5.51. The molecule has 4 aromatic rings. The Kier molecular flexibility index (Phi) is 6.61. The van der Waals surface area contributed by atoms with Gasteiger partial charge in [0.25, 0.3) is 5.91 Å². The normalized spacial score (nSPS) is 10.9. The number of carbonyl (C=O) groups is 1. The van der Waals surface area contributed by atoms with Crippen LogP contribution in [0.25, 0.3) is 11.5 Å². The summed E-state index contributed by atoms with van der Waals surface area (Å²) in [5.41, 5.74) is 2.09. The van der Waals surface area contributed by atoms with E-state index in [1.54, 1.807) is 24.5 Å². The molecule has 0 saturated heterocycles. The van der Waals surface area contributed by atoms with E-state index in [2.05, 4.69) is 31.4 Å². The fourth-order valence-corrected chi connectivity index (χ4v) is 3.60. The van der Waals surface area contributed by atoms with Crippen molar-refractivity contribution in [2.45, 2.75) is 26.5 Å². The van der Waals surface area contributed by atoms with E-state index in [-0.39, 0.29) is 11.9 Å². The van der Waals surface area contributed by atoms with Crippen LogP contribution >= 0.6 is 15.9 Å². The van der Waals surface area contributed by atoms with Gasteiger partial charge in [0.05, 0.1) is 4.47 Å². The van der Waals surface area contributed by atoms with E-state index in [1.165, 1.54) is 0 Å². The van der Waals surface area contributed by atoms with E-state index in [0.29, 0.717) is 39.7 Å². The van der Waals surface area contributed by atoms with Crippen LogP contribution in [0.3, 0.4) is 0 Å². The molecule has 4 rings (SSSR count). The molecule has 0 aliphatic carbocycles. The highest BCUT2D eigenvalue weighted by Crippen LogP contribution is 2.35. The van der Waals surface area contributed by atoms with Gasteiger partial charge in [0.15, 0.2) is 17.4 Å². The highest BCUT2D eigenvalue weighted by molar-refractivity contribution is 9.10. The molecule has 7 nitrogen and oxygen atoms in total. The number of hydrogen-bond donors (Lipinski definition) is 1. The minimum atomic E-state index is -0.277. The minimum Gasteiger partial charge on any atom is -0.485 e. The monoisotopic (exact) mass is 491 g/mol. The van der Waals surface area contributed by atoms with Gasteiger partial charge in [0.1, 0.15) is 18.6 Å². The molecule has 0 saturated carbocycles. The molecule has 1 amide bonds. The zero-order chi connectivity index (χ0) is 22.5. The number of amides is 1. The van der Waals surface area contributed by atoms with E-state index >= 15 is 0 Å². The summed E-state index contributed by atoms with van der Waals surface area (Å²) < 4.78 is 8.65. The summed E-state index contributed by atoms with van der Waals surface area (Å²) in [6.07, 6.45) is 1.66. The van der Waals surface area contributed by atoms with Gasteiger partial charge in [-0.15, -0.1) is 10.2 Å². The SMILES string of the molecule is CC(C)n1cnnc1-c1nc(NC(=O)c2ccccc2)c(OCc2ccccc2)cc1Br. The molecule has 0 aliphatic rings. The Morgan fingerprint density at radius 2 is 1.78 bits per heavy atom. The Morgan fingerprint density at radius 1 is 1.09 bits per heavy atom. The molecular formula is C24H22BrN5O2. The minimum absolute atomic E-state index is 0.144. The lowest BCUT2D eigenvalue weighted by Crippen LogP contribution is -2.15. The quantitative estimate of drug-likeness (QED) is 0.368. The molecule has 0 atom stereocenters. The van der Waals surface area contributed by atoms with E-state index in [9.17, 15) is 4.79 Å². The van der Waals surface area contributed by atoms with Crippen LogP contribution < -0.4 is 10.1 Å². The highest BCUT2D eigenvalue weighted by Gasteiger charge is 2.20. The highest BCUT2D eigenvalue weighted by atomic mass is 79.9. The fourth-order valence-electron chi connectivity index (χ4n) is 3.12. The summed E-state index contributed by atoms with van der Waals surface area (Å²) in [6.45, 7) is 4.41. The predicted molar refractivity (Wildman–Crippen MR) is 127 cm³/mol. The van der Waals surface area contributed by atoms with Crippen LogP contribution in [0.4, 0.5) is 5.82 Å². The first-order chi connectivity index (χ1) is 15.5. The van der Waals surface area contributed by atoms with Crippen molar-refractivity contribution in [2.75, 3.05) is 5.32 Å². The molecule has 0 fully saturated rings. The summed E-state index contributed by atoms with van der Waals surface area (Å²) in [4.78, 5) is 17.6. The number of nitrogens with one attached hydrogen (secondary N) is 1. The van der Waals surface area contributed by atoms with Crippen molar-refractivity contribution in [3.05, 3.63) is 88.7 Å². The van der Waals surface area contributed by atoms with E-state index in [1.807, 2.05) is 66.9 Å². The second-order valence-electron chi connectivity index (χ2n) is 7.42. The summed E-state index contributed by atoms with van der Waals surface area (Å²) in [5.74, 6) is 1.08. The van der Waals surface area contributed by atoms with Gasteiger partial charge in [0, 0.05) is 17.7 Å². The maximum atomic E-state index is 12.8. The number of pyridine rings is 1. The number of nitrogens with zero attached hydrogens (tertiary/aromatic N) is 4. The van der Waals surface area contributed by atoms with Gasteiger partial charge in [-0.3, -0.25) is 4.79 Å². The number of benzene rings is 2. The number of carbonyl (C=O) groups excluding carboxylic acids is 1. The van der Waals surface area contributed by atoms with Gasteiger partial charge < -0.3 is 14.6 Å². The Hall–Kier alpha value is -3.52. The molecule has 2 aromatic heterocycles. The van der Waals surface area contributed by atoms with Crippen LogP contribution in [-0.4, -0.2) is 25.7 Å². The second-order valence-corrected chi connectivity index (χ2v) is 8.27. The second kappa shape index (κ2) is 9.74. The molecular weight excluding hydrogens is 470 g/mol. The lowest BCUT2D eigenvalue weighted by molar-refractivity contribution is 0.102. The van der Waals surface area contributed by atoms with Crippen LogP contribution in [0.15, 0.2) is 77.5 Å². The third-order valence-electron chi connectivity index (χ3n) is 4.79. The Balaban J connectivity index is 1.72. The molecule has 8 heteroatoms. The van der Waals surface area contributed by atoms with Crippen LogP contribution in [-0.2, 0) is 6.61 Å². The molecule has 32 heavy (non-hydrogen) atoms. The summed E-state index contributed by atoms with van der Waals surface area (Å²) in [7, 11) is 0. The smallest absolute Gasteiger partial charge is 0.256 e. The molecule has 0 radical (unpaired) electrons. The van der Waals surface area contributed by atoms with Gasteiger partial charge >= 0.3 is 0 Å². The maximum absolute atomic E-state index is 12.8. The fraction of sp³-hybridized carbons (Fsp3) is 0.167. The zero-order valence-electron chi connectivity index (χ0n) is 17.7. The van der Waals surface area contributed by atoms with Crippen molar-refractivity contribution in [1.82, 2.24) is 19.7 Å². The number of rotatable bonds is 7. The molecule has 2 heterocycles. The molecule has 0 unspecified atom stereocenters. The number of ether oxygens (including phenoxy) is 1. The Morgan fingerprint density at radius 3 is 2.47 bits per heavy atom. The van der Waals surface area contributed by atoms with Crippen molar-refractivity contribution in [1.29, 1.82) is 0 Å². The van der Waals surface area contributed by atoms with Crippen molar-refractivity contribution in [3.63, 3.8) is 0 Å². The van der Waals surface area contributed by atoms with Crippen LogP contribution in [0, 0.1) is 0 Å². The third-order valence-corrected chi connectivity index (χ3v) is 5.39. The first kappa shape index (κ1) is 21.7. The van der Waals surface area contributed by atoms with Gasteiger partial charge in [-0.1, -0.05) is 48.5 Å². The number of aromatic nitrogens is 4. The Bertz CT molecular complexity index is 1210. The Labute approximate surface area is 194 Å². The van der Waals surface area contributed by atoms with E-state index in [4.69, 9.17) is 9.72 Å². The number of halogens is 1. The summed E-state index contributed by atoms with van der Waals surface area (Å²) in [6, 6.07) is 20.7. The molecule has 162 valence electrons. The number of hydrogen-bond acceptors (Lipinski definition) is 5. The summed E-state index contributed by atoms with van der Waals surface area (Å²) >= 11 is 3.59. The summed E-state index contributed by atoms with van der Waals surface area (Å²) in [5, 5.41) is 11.2. The maximum Gasteiger partial charge on any atom is 0.256 e. The van der Waals surface area contributed by atoms with Crippen molar-refractivity contribution < 1.29 is 9.53 Å². The van der Waals surface area contributed by atoms with Crippen LogP contribution in [0.2, 0.25) is 0 Å². The van der Waals surface area contributed by atoms with E-state index < -0.39 is 0 Å². The third kappa shape index (κ3) is 4.86. The molecule has 1 N–H and O–H groups in total. The molecule has 2 aromatic carbocycles. The molecule has 0 spiro atoms. The molecule has 0 bridgehead atoms.